The Kier molecular flexibility index (Phi) is 4.46. The fourth-order valence-corrected chi connectivity index (χ4v) is 2.74. The molecule has 6 heteroatoms. The molecule has 114 valence electrons. The number of aromatic carboxylic acids is 1. The lowest BCUT2D eigenvalue weighted by atomic mass is 10.1. The number of hydrogen-bond acceptors (Lipinski definition) is 4. The Hall–Kier alpha value is -1.69. The number of ether oxygens (including phenoxy) is 1. The summed E-state index contributed by atoms with van der Waals surface area (Å²) in [7, 11) is 0. The average molecular weight is 309 g/mol. The van der Waals surface area contributed by atoms with Crippen molar-refractivity contribution in [3.63, 3.8) is 0 Å². The number of para-hydroxylation sites is 1. The number of thioether (sulfide) groups is 1. The summed E-state index contributed by atoms with van der Waals surface area (Å²) >= 11 is 1.57. The molecule has 1 amide bonds. The molecule has 0 fully saturated rings. The SMILES string of the molecule is CC(C)(C)SCC(=O)N1CCOc2c(C(=O)O)cccc21. The number of fused-ring (bicyclic) bond motifs is 1. The van der Waals surface area contributed by atoms with Crippen molar-refractivity contribution in [2.24, 2.45) is 0 Å². The highest BCUT2D eigenvalue weighted by atomic mass is 32.2. The minimum absolute atomic E-state index is 0.00763. The number of rotatable bonds is 3. The first-order chi connectivity index (χ1) is 9.79. The molecule has 0 aliphatic carbocycles. The number of carbonyl (C=O) groups excluding carboxylic acids is 1. The molecular weight excluding hydrogens is 290 g/mol. The van der Waals surface area contributed by atoms with Crippen molar-refractivity contribution in [3.8, 4) is 5.75 Å². The van der Waals surface area contributed by atoms with E-state index >= 15 is 0 Å². The summed E-state index contributed by atoms with van der Waals surface area (Å²) < 4.78 is 5.47. The normalized spacial score (nSPS) is 14.3. The summed E-state index contributed by atoms with van der Waals surface area (Å²) in [6.45, 7) is 6.92. The quantitative estimate of drug-likeness (QED) is 0.929. The summed E-state index contributed by atoms with van der Waals surface area (Å²) in [5.41, 5.74) is 0.633. The maximum atomic E-state index is 12.4. The van der Waals surface area contributed by atoms with E-state index in [-0.39, 0.29) is 22.0 Å². The fourth-order valence-electron chi connectivity index (χ4n) is 2.03. The molecule has 1 aromatic rings. The van der Waals surface area contributed by atoms with E-state index in [0.717, 1.165) is 0 Å². The molecule has 1 heterocycles. The summed E-state index contributed by atoms with van der Waals surface area (Å²) in [4.78, 5) is 25.2. The first-order valence-electron chi connectivity index (χ1n) is 6.73. The van der Waals surface area contributed by atoms with Gasteiger partial charge in [-0.2, -0.15) is 0 Å². The van der Waals surface area contributed by atoms with Gasteiger partial charge in [0.1, 0.15) is 12.2 Å². The van der Waals surface area contributed by atoms with Gasteiger partial charge in [0.05, 0.1) is 18.0 Å². The molecule has 21 heavy (non-hydrogen) atoms. The van der Waals surface area contributed by atoms with E-state index in [1.54, 1.807) is 28.8 Å². The lowest BCUT2D eigenvalue weighted by Crippen LogP contribution is -2.40. The minimum Gasteiger partial charge on any atom is -0.489 e. The summed E-state index contributed by atoms with van der Waals surface area (Å²) in [6, 6.07) is 4.84. The van der Waals surface area contributed by atoms with Crippen molar-refractivity contribution in [3.05, 3.63) is 23.8 Å². The molecule has 5 nitrogen and oxygen atoms in total. The Morgan fingerprint density at radius 1 is 1.38 bits per heavy atom. The van der Waals surface area contributed by atoms with Gasteiger partial charge in [-0.25, -0.2) is 4.79 Å². The van der Waals surface area contributed by atoms with Gasteiger partial charge in [0, 0.05) is 4.75 Å². The third-order valence-electron chi connectivity index (χ3n) is 3.01. The molecule has 0 atom stereocenters. The molecule has 1 N–H and O–H groups in total. The maximum Gasteiger partial charge on any atom is 0.339 e. The minimum atomic E-state index is -1.05. The van der Waals surface area contributed by atoms with Crippen molar-refractivity contribution in [2.45, 2.75) is 25.5 Å². The van der Waals surface area contributed by atoms with Crippen molar-refractivity contribution < 1.29 is 19.4 Å². The van der Waals surface area contributed by atoms with Gasteiger partial charge >= 0.3 is 5.97 Å². The molecule has 0 bridgehead atoms. The van der Waals surface area contributed by atoms with Crippen LogP contribution < -0.4 is 9.64 Å². The van der Waals surface area contributed by atoms with Gasteiger partial charge in [-0.15, -0.1) is 11.8 Å². The van der Waals surface area contributed by atoms with E-state index in [2.05, 4.69) is 20.8 Å². The highest BCUT2D eigenvalue weighted by molar-refractivity contribution is 8.01. The van der Waals surface area contributed by atoms with Gasteiger partial charge in [0.2, 0.25) is 5.91 Å². The Morgan fingerprint density at radius 2 is 2.10 bits per heavy atom. The van der Waals surface area contributed by atoms with E-state index in [9.17, 15) is 14.7 Å². The summed E-state index contributed by atoms with van der Waals surface area (Å²) in [6.07, 6.45) is 0. The highest BCUT2D eigenvalue weighted by Gasteiger charge is 2.28. The smallest absolute Gasteiger partial charge is 0.339 e. The van der Waals surface area contributed by atoms with Gasteiger partial charge in [0.15, 0.2) is 5.75 Å². The Bertz CT molecular complexity index is 565. The van der Waals surface area contributed by atoms with Crippen LogP contribution in [0.4, 0.5) is 5.69 Å². The number of hydrogen-bond donors (Lipinski definition) is 1. The van der Waals surface area contributed by atoms with Crippen LogP contribution >= 0.6 is 11.8 Å². The number of carboxylic acids is 1. The van der Waals surface area contributed by atoms with Gasteiger partial charge in [-0.1, -0.05) is 26.8 Å². The standard InChI is InChI=1S/C15H19NO4S/c1-15(2,3)21-9-12(17)16-7-8-20-13-10(14(18)19)5-4-6-11(13)16/h4-6H,7-9H2,1-3H3,(H,18,19). The molecular formula is C15H19NO4S. The van der Waals surface area contributed by atoms with Crippen LogP contribution in [0.1, 0.15) is 31.1 Å². The summed E-state index contributed by atoms with van der Waals surface area (Å²) in [5.74, 6) is -0.433. The van der Waals surface area contributed by atoms with Crippen molar-refractivity contribution in [2.75, 3.05) is 23.8 Å². The number of carbonyl (C=O) groups is 2. The molecule has 0 aromatic heterocycles. The maximum absolute atomic E-state index is 12.4. The molecule has 0 unspecified atom stereocenters. The number of anilines is 1. The van der Waals surface area contributed by atoms with Gasteiger partial charge in [-0.3, -0.25) is 4.79 Å². The molecule has 1 aliphatic heterocycles. The number of amides is 1. The largest absolute Gasteiger partial charge is 0.489 e. The lowest BCUT2D eigenvalue weighted by Gasteiger charge is -2.31. The zero-order valence-electron chi connectivity index (χ0n) is 12.4. The first-order valence-corrected chi connectivity index (χ1v) is 7.71. The second-order valence-electron chi connectivity index (χ2n) is 5.75. The van der Waals surface area contributed by atoms with Crippen LogP contribution in [-0.2, 0) is 4.79 Å². The van der Waals surface area contributed by atoms with Crippen LogP contribution in [0.15, 0.2) is 18.2 Å². The van der Waals surface area contributed by atoms with Crippen LogP contribution in [0.3, 0.4) is 0 Å². The van der Waals surface area contributed by atoms with Gasteiger partial charge in [-0.05, 0) is 12.1 Å². The van der Waals surface area contributed by atoms with E-state index < -0.39 is 5.97 Å². The first kappa shape index (κ1) is 15.7. The van der Waals surface area contributed by atoms with E-state index in [1.165, 1.54) is 6.07 Å². The highest BCUT2D eigenvalue weighted by Crippen LogP contribution is 2.35. The second kappa shape index (κ2) is 5.97. The number of carboxylic acid groups (broad SMARTS) is 1. The van der Waals surface area contributed by atoms with Gasteiger partial charge in [0.25, 0.3) is 0 Å². The average Bonchev–Trinajstić information content (AvgIpc) is 2.42. The molecule has 0 spiro atoms. The van der Waals surface area contributed by atoms with Crippen molar-refractivity contribution in [1.82, 2.24) is 0 Å². The van der Waals surface area contributed by atoms with Crippen LogP contribution in [0.25, 0.3) is 0 Å². The summed E-state index contributed by atoms with van der Waals surface area (Å²) in [5, 5.41) is 9.19. The molecule has 0 saturated carbocycles. The van der Waals surface area contributed by atoms with Crippen LogP contribution in [-0.4, -0.2) is 40.6 Å². The Labute approximate surface area is 128 Å². The topological polar surface area (TPSA) is 66.8 Å². The third-order valence-corrected chi connectivity index (χ3v) is 4.26. The predicted octanol–water partition coefficient (Wildman–Crippen LogP) is 2.64. The Balaban J connectivity index is 2.24. The van der Waals surface area contributed by atoms with E-state index in [1.807, 2.05) is 0 Å². The van der Waals surface area contributed by atoms with E-state index in [0.29, 0.717) is 24.6 Å². The molecule has 2 rings (SSSR count). The van der Waals surface area contributed by atoms with Crippen LogP contribution in [0.2, 0.25) is 0 Å². The molecule has 1 aliphatic rings. The number of benzene rings is 1. The monoisotopic (exact) mass is 309 g/mol. The molecule has 1 aromatic carbocycles. The van der Waals surface area contributed by atoms with Crippen LogP contribution in [0, 0.1) is 0 Å². The van der Waals surface area contributed by atoms with E-state index in [4.69, 9.17) is 4.74 Å². The molecule has 0 radical (unpaired) electrons. The lowest BCUT2D eigenvalue weighted by molar-refractivity contribution is -0.116. The third kappa shape index (κ3) is 3.69. The zero-order valence-corrected chi connectivity index (χ0v) is 13.2. The van der Waals surface area contributed by atoms with Gasteiger partial charge < -0.3 is 14.7 Å². The predicted molar refractivity (Wildman–Crippen MR) is 83.5 cm³/mol. The van der Waals surface area contributed by atoms with Crippen LogP contribution in [0.5, 0.6) is 5.75 Å². The van der Waals surface area contributed by atoms with Crippen molar-refractivity contribution >= 4 is 29.3 Å². The second-order valence-corrected chi connectivity index (χ2v) is 7.56. The Morgan fingerprint density at radius 3 is 2.71 bits per heavy atom. The fraction of sp³-hybridized carbons (Fsp3) is 0.467. The van der Waals surface area contributed by atoms with Crippen molar-refractivity contribution in [1.29, 1.82) is 0 Å². The number of nitrogens with zero attached hydrogens (tertiary/aromatic N) is 1. The molecule has 0 saturated heterocycles. The zero-order chi connectivity index (χ0) is 15.6.